The zero-order chi connectivity index (χ0) is 20.5. The van der Waals surface area contributed by atoms with Crippen molar-refractivity contribution >= 4 is 11.9 Å². The minimum atomic E-state index is -0.946. The van der Waals surface area contributed by atoms with Gasteiger partial charge in [0.05, 0.1) is 18.7 Å². The van der Waals surface area contributed by atoms with Crippen LogP contribution in [0.1, 0.15) is 22.8 Å². The van der Waals surface area contributed by atoms with Gasteiger partial charge in [0.2, 0.25) is 0 Å². The molecule has 0 amide bonds. The second-order valence-corrected chi connectivity index (χ2v) is 7.00. The van der Waals surface area contributed by atoms with E-state index in [-0.39, 0.29) is 12.1 Å². The average Bonchev–Trinajstić information content (AvgIpc) is 2.74. The van der Waals surface area contributed by atoms with Crippen molar-refractivity contribution in [2.75, 3.05) is 52.4 Å². The first-order valence-corrected chi connectivity index (χ1v) is 9.42. The summed E-state index contributed by atoms with van der Waals surface area (Å²) >= 11 is 0. The van der Waals surface area contributed by atoms with Gasteiger partial charge in [-0.3, -0.25) is 19.5 Å². The van der Waals surface area contributed by atoms with Crippen LogP contribution >= 0.6 is 0 Å². The van der Waals surface area contributed by atoms with E-state index in [0.29, 0.717) is 38.5 Å². The van der Waals surface area contributed by atoms with Crippen molar-refractivity contribution in [3.63, 3.8) is 0 Å². The maximum Gasteiger partial charge on any atom is 0.335 e. The molecule has 154 valence electrons. The Kier molecular flexibility index (Phi) is 8.43. The van der Waals surface area contributed by atoms with Crippen molar-refractivity contribution in [2.45, 2.75) is 13.5 Å². The molecule has 1 saturated heterocycles. The number of aromatic carboxylic acids is 1. The predicted molar refractivity (Wildman–Crippen MR) is 106 cm³/mol. The fourth-order valence-electron chi connectivity index (χ4n) is 3.18. The molecule has 0 unspecified atom stereocenters. The van der Waals surface area contributed by atoms with Crippen LogP contribution in [0.2, 0.25) is 0 Å². The SMILES string of the molecule is CC=C(O)CN1CCN(CC(=O)O)CCN(Cc2ccc(C(=O)O)cc2)CC1. The summed E-state index contributed by atoms with van der Waals surface area (Å²) in [5, 5.41) is 28.1. The van der Waals surface area contributed by atoms with Gasteiger partial charge in [-0.15, -0.1) is 0 Å². The quantitative estimate of drug-likeness (QED) is 0.599. The standard InChI is InChI=1S/C20H29N3O5/c1-2-18(24)14-22-9-7-21(8-11-23(12-10-22)15-19(25)26)13-16-3-5-17(6-4-16)20(27)28/h2-6,24H,7-15H2,1H3,(H,25,26)(H,27,28). The molecule has 0 atom stereocenters. The summed E-state index contributed by atoms with van der Waals surface area (Å²) < 4.78 is 0. The van der Waals surface area contributed by atoms with Gasteiger partial charge in [0.25, 0.3) is 0 Å². The molecule has 0 saturated carbocycles. The van der Waals surface area contributed by atoms with E-state index in [1.54, 1.807) is 25.1 Å². The first-order chi connectivity index (χ1) is 13.4. The number of aliphatic hydroxyl groups excluding tert-OH is 1. The summed E-state index contributed by atoms with van der Waals surface area (Å²) in [4.78, 5) is 28.4. The van der Waals surface area contributed by atoms with Crippen molar-refractivity contribution < 1.29 is 24.9 Å². The molecule has 2 rings (SSSR count). The predicted octanol–water partition coefficient (Wildman–Crippen LogP) is 1.35. The normalized spacial score (nSPS) is 18.2. The molecular formula is C20H29N3O5. The molecular weight excluding hydrogens is 362 g/mol. The van der Waals surface area contributed by atoms with Gasteiger partial charge in [-0.05, 0) is 30.7 Å². The van der Waals surface area contributed by atoms with E-state index < -0.39 is 11.9 Å². The highest BCUT2D eigenvalue weighted by Gasteiger charge is 2.18. The number of hydrogen-bond acceptors (Lipinski definition) is 6. The summed E-state index contributed by atoms with van der Waals surface area (Å²) in [6.07, 6.45) is 1.67. The maximum atomic E-state index is 11.2. The van der Waals surface area contributed by atoms with E-state index in [2.05, 4.69) is 9.80 Å². The van der Waals surface area contributed by atoms with Gasteiger partial charge < -0.3 is 15.3 Å². The summed E-state index contributed by atoms with van der Waals surface area (Å²) in [5.74, 6) is -1.49. The molecule has 0 aliphatic carbocycles. The van der Waals surface area contributed by atoms with E-state index in [1.807, 2.05) is 17.0 Å². The third-order valence-electron chi connectivity index (χ3n) is 4.88. The van der Waals surface area contributed by atoms with E-state index in [9.17, 15) is 14.7 Å². The molecule has 1 aliphatic rings. The molecule has 3 N–H and O–H groups in total. The third kappa shape index (κ3) is 7.30. The molecule has 0 spiro atoms. The van der Waals surface area contributed by atoms with Crippen LogP contribution in [0.3, 0.4) is 0 Å². The number of carboxylic acids is 2. The van der Waals surface area contributed by atoms with Crippen molar-refractivity contribution in [3.05, 3.63) is 47.2 Å². The highest BCUT2D eigenvalue weighted by Crippen LogP contribution is 2.10. The van der Waals surface area contributed by atoms with Crippen LogP contribution in [-0.4, -0.2) is 94.3 Å². The van der Waals surface area contributed by atoms with Crippen molar-refractivity contribution in [1.82, 2.24) is 14.7 Å². The van der Waals surface area contributed by atoms with Gasteiger partial charge in [-0.2, -0.15) is 0 Å². The van der Waals surface area contributed by atoms with Gasteiger partial charge in [0.15, 0.2) is 0 Å². The molecule has 1 fully saturated rings. The van der Waals surface area contributed by atoms with E-state index in [4.69, 9.17) is 10.2 Å². The van der Waals surface area contributed by atoms with Gasteiger partial charge in [-0.25, -0.2) is 4.79 Å². The Hall–Kier alpha value is -2.42. The number of carbonyl (C=O) groups is 2. The number of benzene rings is 1. The topological polar surface area (TPSA) is 105 Å². The number of aliphatic hydroxyl groups is 1. The van der Waals surface area contributed by atoms with E-state index in [1.165, 1.54) is 0 Å². The third-order valence-corrected chi connectivity index (χ3v) is 4.88. The van der Waals surface area contributed by atoms with Gasteiger partial charge >= 0.3 is 11.9 Å². The molecule has 1 aromatic carbocycles. The van der Waals surface area contributed by atoms with Crippen molar-refractivity contribution in [2.24, 2.45) is 0 Å². The number of carboxylic acid groups (broad SMARTS) is 2. The summed E-state index contributed by atoms with van der Waals surface area (Å²) in [7, 11) is 0. The summed E-state index contributed by atoms with van der Waals surface area (Å²) in [5.41, 5.74) is 1.27. The zero-order valence-electron chi connectivity index (χ0n) is 16.3. The minimum absolute atomic E-state index is 0.00934. The van der Waals surface area contributed by atoms with Crippen molar-refractivity contribution in [3.8, 4) is 0 Å². The molecule has 0 aromatic heterocycles. The Morgan fingerprint density at radius 2 is 1.36 bits per heavy atom. The summed E-state index contributed by atoms with van der Waals surface area (Å²) in [6, 6.07) is 6.82. The number of hydrogen-bond donors (Lipinski definition) is 3. The van der Waals surface area contributed by atoms with E-state index in [0.717, 1.165) is 25.2 Å². The second kappa shape index (κ2) is 10.8. The first kappa shape index (κ1) is 21.9. The lowest BCUT2D eigenvalue weighted by atomic mass is 10.1. The first-order valence-electron chi connectivity index (χ1n) is 9.42. The number of allylic oxidation sites excluding steroid dienone is 1. The molecule has 0 radical (unpaired) electrons. The molecule has 8 heteroatoms. The van der Waals surface area contributed by atoms with Gasteiger partial charge in [0, 0.05) is 45.8 Å². The molecule has 1 aromatic rings. The second-order valence-electron chi connectivity index (χ2n) is 7.00. The molecule has 1 aliphatic heterocycles. The van der Waals surface area contributed by atoms with Gasteiger partial charge in [-0.1, -0.05) is 12.1 Å². The van der Waals surface area contributed by atoms with Gasteiger partial charge in [0.1, 0.15) is 5.76 Å². The number of aliphatic carboxylic acids is 1. The Morgan fingerprint density at radius 1 is 0.857 bits per heavy atom. The molecule has 1 heterocycles. The smallest absolute Gasteiger partial charge is 0.335 e. The van der Waals surface area contributed by atoms with Crippen LogP contribution in [0, 0.1) is 0 Å². The maximum absolute atomic E-state index is 11.2. The average molecular weight is 391 g/mol. The van der Waals surface area contributed by atoms with E-state index >= 15 is 0 Å². The lowest BCUT2D eigenvalue weighted by molar-refractivity contribution is -0.138. The van der Waals surface area contributed by atoms with Crippen LogP contribution < -0.4 is 0 Å². The molecule has 0 bridgehead atoms. The molecule has 8 nitrogen and oxygen atoms in total. The fraction of sp³-hybridized carbons (Fsp3) is 0.500. The lowest BCUT2D eigenvalue weighted by Gasteiger charge is -2.25. The highest BCUT2D eigenvalue weighted by molar-refractivity contribution is 5.87. The highest BCUT2D eigenvalue weighted by atomic mass is 16.4. The largest absolute Gasteiger partial charge is 0.511 e. The van der Waals surface area contributed by atoms with Crippen LogP contribution in [0.5, 0.6) is 0 Å². The molecule has 28 heavy (non-hydrogen) atoms. The fourth-order valence-corrected chi connectivity index (χ4v) is 3.18. The Balaban J connectivity index is 2.07. The monoisotopic (exact) mass is 391 g/mol. The number of nitrogens with zero attached hydrogens (tertiary/aromatic N) is 3. The van der Waals surface area contributed by atoms with Crippen LogP contribution in [0.25, 0.3) is 0 Å². The lowest BCUT2D eigenvalue weighted by Crippen LogP contribution is -2.39. The van der Waals surface area contributed by atoms with Crippen molar-refractivity contribution in [1.29, 1.82) is 0 Å². The number of rotatable bonds is 7. The zero-order valence-corrected chi connectivity index (χ0v) is 16.3. The minimum Gasteiger partial charge on any atom is -0.511 e. The summed E-state index contributed by atoms with van der Waals surface area (Å²) in [6.45, 7) is 7.09. The Morgan fingerprint density at radius 3 is 1.82 bits per heavy atom. The van der Waals surface area contributed by atoms with Crippen LogP contribution in [0.4, 0.5) is 0 Å². The van der Waals surface area contributed by atoms with Crippen LogP contribution in [0.15, 0.2) is 36.1 Å². The Bertz CT molecular complexity index is 690. The Labute approximate surface area is 165 Å². The van der Waals surface area contributed by atoms with Crippen LogP contribution in [-0.2, 0) is 11.3 Å².